The van der Waals surface area contributed by atoms with Gasteiger partial charge in [-0.15, -0.1) is 6.58 Å². The summed E-state index contributed by atoms with van der Waals surface area (Å²) in [7, 11) is -3.46. The SMILES string of the molecule is C=CCN(CCC)S(=O)(=O)c1ccc(N)c(C)c1. The Balaban J connectivity index is 3.17. The van der Waals surface area contributed by atoms with Gasteiger partial charge in [-0.25, -0.2) is 8.42 Å². The number of hydrogen-bond donors (Lipinski definition) is 1. The summed E-state index contributed by atoms with van der Waals surface area (Å²) in [4.78, 5) is 0.282. The number of nitrogens with two attached hydrogens (primary N) is 1. The Kier molecular flexibility index (Phi) is 4.93. The average Bonchev–Trinajstić information content (AvgIpc) is 2.32. The number of nitrogen functional groups attached to an aromatic ring is 1. The minimum Gasteiger partial charge on any atom is -0.399 e. The van der Waals surface area contributed by atoms with Crippen molar-refractivity contribution in [3.63, 3.8) is 0 Å². The third kappa shape index (κ3) is 3.11. The van der Waals surface area contributed by atoms with Crippen LogP contribution < -0.4 is 5.73 Å². The van der Waals surface area contributed by atoms with Crippen molar-refractivity contribution in [3.8, 4) is 0 Å². The molecule has 0 aromatic heterocycles. The Labute approximate surface area is 109 Å². The van der Waals surface area contributed by atoms with Crippen LogP contribution in [0.1, 0.15) is 18.9 Å². The largest absolute Gasteiger partial charge is 0.399 e. The van der Waals surface area contributed by atoms with Crippen LogP contribution in [0, 0.1) is 6.92 Å². The molecule has 1 rings (SSSR count). The standard InChI is InChI=1S/C13H20N2O2S/c1-4-8-15(9-5-2)18(16,17)12-6-7-13(14)11(3)10-12/h4,6-7,10H,1,5,8-9,14H2,2-3H3. The fourth-order valence-corrected chi connectivity index (χ4v) is 3.25. The van der Waals surface area contributed by atoms with E-state index in [1.807, 2.05) is 6.92 Å². The van der Waals surface area contributed by atoms with E-state index in [2.05, 4.69) is 6.58 Å². The van der Waals surface area contributed by atoms with Crippen LogP contribution in [0.3, 0.4) is 0 Å². The van der Waals surface area contributed by atoms with Crippen molar-refractivity contribution in [1.29, 1.82) is 0 Å². The van der Waals surface area contributed by atoms with E-state index < -0.39 is 10.0 Å². The number of hydrogen-bond acceptors (Lipinski definition) is 3. The van der Waals surface area contributed by atoms with Crippen molar-refractivity contribution in [2.75, 3.05) is 18.8 Å². The molecule has 0 bridgehead atoms. The van der Waals surface area contributed by atoms with Crippen LogP contribution in [0.4, 0.5) is 5.69 Å². The average molecular weight is 268 g/mol. The van der Waals surface area contributed by atoms with Crippen LogP contribution in [0.15, 0.2) is 35.7 Å². The highest BCUT2D eigenvalue weighted by Gasteiger charge is 2.22. The molecule has 2 N–H and O–H groups in total. The maximum Gasteiger partial charge on any atom is 0.243 e. The number of rotatable bonds is 6. The molecule has 1 aromatic carbocycles. The van der Waals surface area contributed by atoms with Crippen LogP contribution in [0.25, 0.3) is 0 Å². The van der Waals surface area contributed by atoms with E-state index in [1.165, 1.54) is 4.31 Å². The Morgan fingerprint density at radius 1 is 1.44 bits per heavy atom. The highest BCUT2D eigenvalue weighted by molar-refractivity contribution is 7.89. The molecule has 0 saturated carbocycles. The van der Waals surface area contributed by atoms with E-state index >= 15 is 0 Å². The summed E-state index contributed by atoms with van der Waals surface area (Å²) in [5, 5.41) is 0. The molecular weight excluding hydrogens is 248 g/mol. The molecule has 0 fully saturated rings. The molecule has 0 unspecified atom stereocenters. The second-order valence-corrected chi connectivity index (χ2v) is 6.11. The molecule has 0 atom stereocenters. The summed E-state index contributed by atoms with van der Waals surface area (Å²) in [6.45, 7) is 8.14. The number of nitrogens with zero attached hydrogens (tertiary/aromatic N) is 1. The number of sulfonamides is 1. The topological polar surface area (TPSA) is 63.4 Å². The summed E-state index contributed by atoms with van der Waals surface area (Å²) < 4.78 is 26.2. The lowest BCUT2D eigenvalue weighted by Gasteiger charge is -2.20. The van der Waals surface area contributed by atoms with Gasteiger partial charge in [-0.1, -0.05) is 13.0 Å². The molecule has 0 aliphatic rings. The summed E-state index contributed by atoms with van der Waals surface area (Å²) in [6.07, 6.45) is 2.36. The first-order valence-corrected chi connectivity index (χ1v) is 7.34. The van der Waals surface area contributed by atoms with Gasteiger partial charge in [0.15, 0.2) is 0 Å². The number of aryl methyl sites for hydroxylation is 1. The normalized spacial score (nSPS) is 11.7. The zero-order valence-electron chi connectivity index (χ0n) is 10.9. The zero-order chi connectivity index (χ0) is 13.8. The van der Waals surface area contributed by atoms with Gasteiger partial charge in [0.2, 0.25) is 10.0 Å². The fraction of sp³-hybridized carbons (Fsp3) is 0.385. The lowest BCUT2D eigenvalue weighted by Crippen LogP contribution is -2.32. The Morgan fingerprint density at radius 3 is 2.61 bits per heavy atom. The molecule has 0 saturated heterocycles. The first-order chi connectivity index (χ1) is 8.43. The van der Waals surface area contributed by atoms with Gasteiger partial charge in [0.05, 0.1) is 4.90 Å². The first-order valence-electron chi connectivity index (χ1n) is 5.90. The van der Waals surface area contributed by atoms with Gasteiger partial charge in [0.1, 0.15) is 0 Å². The smallest absolute Gasteiger partial charge is 0.243 e. The number of benzene rings is 1. The zero-order valence-corrected chi connectivity index (χ0v) is 11.7. The van der Waals surface area contributed by atoms with Crippen molar-refractivity contribution >= 4 is 15.7 Å². The lowest BCUT2D eigenvalue weighted by atomic mass is 10.2. The third-order valence-electron chi connectivity index (χ3n) is 2.68. The second kappa shape index (κ2) is 6.02. The molecule has 5 heteroatoms. The Bertz CT molecular complexity index is 524. The summed E-state index contributed by atoms with van der Waals surface area (Å²) in [5.41, 5.74) is 7.07. The minimum atomic E-state index is -3.46. The molecule has 0 radical (unpaired) electrons. The molecule has 0 amide bonds. The summed E-state index contributed by atoms with van der Waals surface area (Å²) >= 11 is 0. The maximum absolute atomic E-state index is 12.4. The van der Waals surface area contributed by atoms with Crippen molar-refractivity contribution < 1.29 is 8.42 Å². The molecule has 0 aliphatic carbocycles. The minimum absolute atomic E-state index is 0.282. The van der Waals surface area contributed by atoms with Crippen LogP contribution in [0.5, 0.6) is 0 Å². The van der Waals surface area contributed by atoms with Crippen molar-refractivity contribution in [2.24, 2.45) is 0 Å². The summed E-state index contributed by atoms with van der Waals surface area (Å²) in [6, 6.07) is 4.78. The molecule has 0 heterocycles. The monoisotopic (exact) mass is 268 g/mol. The van der Waals surface area contributed by atoms with E-state index in [9.17, 15) is 8.42 Å². The van der Waals surface area contributed by atoms with Crippen molar-refractivity contribution in [3.05, 3.63) is 36.4 Å². The Morgan fingerprint density at radius 2 is 2.11 bits per heavy atom. The van der Waals surface area contributed by atoms with Crippen molar-refractivity contribution in [1.82, 2.24) is 4.31 Å². The molecule has 1 aromatic rings. The van der Waals surface area contributed by atoms with Gasteiger partial charge < -0.3 is 5.73 Å². The van der Waals surface area contributed by atoms with E-state index in [4.69, 9.17) is 5.73 Å². The Hall–Kier alpha value is -1.33. The molecule has 18 heavy (non-hydrogen) atoms. The van der Waals surface area contributed by atoms with Crippen LogP contribution >= 0.6 is 0 Å². The molecule has 100 valence electrons. The molecule has 0 spiro atoms. The van der Waals surface area contributed by atoms with Gasteiger partial charge in [-0.2, -0.15) is 4.31 Å². The quantitative estimate of drug-likeness (QED) is 0.635. The van der Waals surface area contributed by atoms with Gasteiger partial charge in [0, 0.05) is 18.8 Å². The van der Waals surface area contributed by atoms with E-state index in [0.29, 0.717) is 18.8 Å². The van der Waals surface area contributed by atoms with Gasteiger partial charge in [-0.3, -0.25) is 0 Å². The fourth-order valence-electron chi connectivity index (χ4n) is 1.66. The van der Waals surface area contributed by atoms with E-state index in [-0.39, 0.29) is 4.90 Å². The highest BCUT2D eigenvalue weighted by atomic mass is 32.2. The first kappa shape index (κ1) is 14.7. The summed E-state index contributed by atoms with van der Waals surface area (Å²) in [5.74, 6) is 0. The molecule has 0 aliphatic heterocycles. The van der Waals surface area contributed by atoms with E-state index in [1.54, 1.807) is 31.2 Å². The van der Waals surface area contributed by atoms with E-state index in [0.717, 1.165) is 12.0 Å². The molecular formula is C13H20N2O2S. The van der Waals surface area contributed by atoms with Gasteiger partial charge in [0.25, 0.3) is 0 Å². The van der Waals surface area contributed by atoms with Gasteiger partial charge in [-0.05, 0) is 37.1 Å². The second-order valence-electron chi connectivity index (χ2n) is 4.17. The van der Waals surface area contributed by atoms with Crippen molar-refractivity contribution in [2.45, 2.75) is 25.2 Å². The van der Waals surface area contributed by atoms with Crippen LogP contribution in [0.2, 0.25) is 0 Å². The van der Waals surface area contributed by atoms with Gasteiger partial charge >= 0.3 is 0 Å². The lowest BCUT2D eigenvalue weighted by molar-refractivity contribution is 0.441. The van der Waals surface area contributed by atoms with Crippen LogP contribution in [-0.2, 0) is 10.0 Å². The number of anilines is 1. The predicted molar refractivity (Wildman–Crippen MR) is 74.8 cm³/mol. The predicted octanol–water partition coefficient (Wildman–Crippen LogP) is 2.16. The molecule has 4 nitrogen and oxygen atoms in total. The van der Waals surface area contributed by atoms with Crippen LogP contribution in [-0.4, -0.2) is 25.8 Å². The highest BCUT2D eigenvalue weighted by Crippen LogP contribution is 2.20. The third-order valence-corrected chi connectivity index (χ3v) is 4.55. The maximum atomic E-state index is 12.4.